The second-order valence-electron chi connectivity index (χ2n) is 7.29. The van der Waals surface area contributed by atoms with Crippen molar-refractivity contribution in [2.24, 2.45) is 10.9 Å². The molecule has 2 aliphatic rings. The molecule has 2 aromatic heterocycles. The quantitative estimate of drug-likeness (QED) is 0.743. The minimum atomic E-state index is -2.47. The number of amidine groups is 1. The summed E-state index contributed by atoms with van der Waals surface area (Å²) in [5, 5.41) is 1.02. The molecule has 27 heavy (non-hydrogen) atoms. The molecule has 3 aromatic rings. The summed E-state index contributed by atoms with van der Waals surface area (Å²) in [4.78, 5) is 8.98. The molecule has 1 fully saturated rings. The fourth-order valence-electron chi connectivity index (χ4n) is 3.90. The predicted molar refractivity (Wildman–Crippen MR) is 100 cm³/mol. The molecule has 1 saturated carbocycles. The van der Waals surface area contributed by atoms with E-state index in [1.165, 1.54) is 0 Å². The molecule has 0 atom stereocenters. The smallest absolute Gasteiger partial charge is 0.248 e. The lowest BCUT2D eigenvalue weighted by Crippen LogP contribution is -2.36. The van der Waals surface area contributed by atoms with Crippen LogP contribution in [0.5, 0.6) is 0 Å². The Labute approximate surface area is 155 Å². The van der Waals surface area contributed by atoms with Crippen molar-refractivity contribution in [3.8, 4) is 5.69 Å². The van der Waals surface area contributed by atoms with Crippen LogP contribution >= 0.6 is 0 Å². The number of hydrogen-bond acceptors (Lipinski definition) is 4. The van der Waals surface area contributed by atoms with E-state index in [1.807, 2.05) is 41.2 Å². The summed E-state index contributed by atoms with van der Waals surface area (Å²) in [5.41, 5.74) is 9.89. The van der Waals surface area contributed by atoms with E-state index in [0.717, 1.165) is 33.7 Å². The average molecular weight is 367 g/mol. The van der Waals surface area contributed by atoms with E-state index in [-0.39, 0.29) is 18.8 Å². The Kier molecular flexibility index (Phi) is 3.72. The summed E-state index contributed by atoms with van der Waals surface area (Å²) in [5.74, 6) is -1.59. The van der Waals surface area contributed by atoms with Crippen molar-refractivity contribution in [1.29, 1.82) is 0 Å². The van der Waals surface area contributed by atoms with Gasteiger partial charge in [-0.15, -0.1) is 0 Å². The third-order valence-corrected chi connectivity index (χ3v) is 5.20. The maximum Gasteiger partial charge on any atom is 0.248 e. The maximum absolute atomic E-state index is 13.0. The molecule has 3 heterocycles. The lowest BCUT2D eigenvalue weighted by atomic mass is 9.78. The molecule has 0 saturated heterocycles. The van der Waals surface area contributed by atoms with Gasteiger partial charge in [0.2, 0.25) is 5.92 Å². The summed E-state index contributed by atoms with van der Waals surface area (Å²) in [6.45, 7) is 0.559. The van der Waals surface area contributed by atoms with Crippen molar-refractivity contribution < 1.29 is 8.78 Å². The number of hydrogen-bond donors (Lipinski definition) is 2. The molecule has 0 radical (unpaired) electrons. The number of pyridine rings is 1. The zero-order valence-corrected chi connectivity index (χ0v) is 14.6. The van der Waals surface area contributed by atoms with E-state index in [0.29, 0.717) is 13.1 Å². The molecule has 0 spiro atoms. The van der Waals surface area contributed by atoms with E-state index in [4.69, 9.17) is 0 Å². The van der Waals surface area contributed by atoms with E-state index in [1.54, 1.807) is 0 Å². The predicted octanol–water partition coefficient (Wildman–Crippen LogP) is 3.43. The van der Waals surface area contributed by atoms with Gasteiger partial charge in [-0.1, -0.05) is 12.1 Å². The number of rotatable bonds is 4. The molecule has 1 aliphatic carbocycles. The minimum Gasteiger partial charge on any atom is -0.304 e. The SMILES string of the molecule is FC1(F)CC(Cc2cnc3c(ccn3-c3cccc(C4=NCNN4)c3)c2)C1. The Hall–Kier alpha value is -2.80. The van der Waals surface area contributed by atoms with Gasteiger partial charge in [0.15, 0.2) is 0 Å². The molecule has 5 nitrogen and oxygen atoms in total. The number of benzene rings is 1. The highest BCUT2D eigenvalue weighted by molar-refractivity contribution is 5.99. The number of aliphatic imine (C=N–C) groups is 1. The standard InChI is InChI=1S/C20H19F2N5/c21-20(22)9-14(10-20)6-13-7-16-4-5-27(19(16)23-11-13)17-3-1-2-15(8-17)18-24-12-25-26-18/h1-5,7-8,11,14,25H,6,9-10,12H2,(H,24,26). The summed E-state index contributed by atoms with van der Waals surface area (Å²) in [6, 6.07) is 12.2. The number of aromatic nitrogens is 2. The normalized spacial score (nSPS) is 19.0. The number of hydrazine groups is 1. The van der Waals surface area contributed by atoms with Crippen molar-refractivity contribution >= 4 is 16.9 Å². The van der Waals surface area contributed by atoms with Gasteiger partial charge in [0, 0.05) is 41.9 Å². The van der Waals surface area contributed by atoms with Crippen LogP contribution in [0, 0.1) is 5.92 Å². The lowest BCUT2D eigenvalue weighted by molar-refractivity contribution is -0.109. The zero-order chi connectivity index (χ0) is 18.4. The molecule has 5 rings (SSSR count). The number of halogens is 2. The first-order valence-electron chi connectivity index (χ1n) is 9.05. The van der Waals surface area contributed by atoms with Crippen molar-refractivity contribution in [3.63, 3.8) is 0 Å². The van der Waals surface area contributed by atoms with Gasteiger partial charge < -0.3 is 9.99 Å². The highest BCUT2D eigenvalue weighted by Gasteiger charge is 2.44. The van der Waals surface area contributed by atoms with Gasteiger partial charge in [-0.2, -0.15) is 0 Å². The zero-order valence-electron chi connectivity index (χ0n) is 14.6. The van der Waals surface area contributed by atoms with Gasteiger partial charge in [-0.05, 0) is 42.2 Å². The summed E-state index contributed by atoms with van der Waals surface area (Å²) in [7, 11) is 0. The summed E-state index contributed by atoms with van der Waals surface area (Å²) in [6.07, 6.45) is 4.45. The average Bonchev–Trinajstić information content (AvgIpc) is 3.30. The van der Waals surface area contributed by atoms with Crippen LogP contribution in [0.4, 0.5) is 8.78 Å². The molecule has 0 amide bonds. The Balaban J connectivity index is 1.42. The van der Waals surface area contributed by atoms with Crippen LogP contribution in [0.3, 0.4) is 0 Å². The molecule has 0 unspecified atom stereocenters. The third-order valence-electron chi connectivity index (χ3n) is 5.20. The van der Waals surface area contributed by atoms with Gasteiger partial charge in [-0.3, -0.25) is 0 Å². The highest BCUT2D eigenvalue weighted by Crippen LogP contribution is 2.43. The highest BCUT2D eigenvalue weighted by atomic mass is 19.3. The summed E-state index contributed by atoms with van der Waals surface area (Å²) >= 11 is 0. The number of alkyl halides is 2. The lowest BCUT2D eigenvalue weighted by Gasteiger charge is -2.34. The summed E-state index contributed by atoms with van der Waals surface area (Å²) < 4.78 is 28.1. The molecule has 1 aromatic carbocycles. The minimum absolute atomic E-state index is 0.00831. The molecular weight excluding hydrogens is 348 g/mol. The number of nitrogens with zero attached hydrogens (tertiary/aromatic N) is 3. The van der Waals surface area contributed by atoms with E-state index < -0.39 is 5.92 Å². The Morgan fingerprint density at radius 1 is 1.19 bits per heavy atom. The fraction of sp³-hybridized carbons (Fsp3) is 0.300. The number of nitrogens with one attached hydrogen (secondary N) is 2. The maximum atomic E-state index is 13.0. The molecule has 138 valence electrons. The molecule has 2 N–H and O–H groups in total. The Morgan fingerprint density at radius 2 is 2.07 bits per heavy atom. The second kappa shape index (κ2) is 6.13. The molecule has 7 heteroatoms. The van der Waals surface area contributed by atoms with E-state index in [9.17, 15) is 8.78 Å². The van der Waals surface area contributed by atoms with Crippen molar-refractivity contribution in [2.75, 3.05) is 6.67 Å². The van der Waals surface area contributed by atoms with Crippen LogP contribution in [0.2, 0.25) is 0 Å². The van der Waals surface area contributed by atoms with Crippen LogP contribution in [0.25, 0.3) is 16.7 Å². The Bertz CT molecular complexity index is 1030. The van der Waals surface area contributed by atoms with Crippen molar-refractivity contribution in [3.05, 3.63) is 59.9 Å². The van der Waals surface area contributed by atoms with Crippen LogP contribution < -0.4 is 10.9 Å². The second-order valence-corrected chi connectivity index (χ2v) is 7.29. The molecule has 1 aliphatic heterocycles. The largest absolute Gasteiger partial charge is 0.304 e. The van der Waals surface area contributed by atoms with Gasteiger partial charge in [0.05, 0.1) is 0 Å². The van der Waals surface area contributed by atoms with Crippen molar-refractivity contribution in [1.82, 2.24) is 20.4 Å². The number of fused-ring (bicyclic) bond motifs is 1. The topological polar surface area (TPSA) is 54.2 Å². The fourth-order valence-corrected chi connectivity index (χ4v) is 3.90. The van der Waals surface area contributed by atoms with Gasteiger partial charge in [-0.25, -0.2) is 24.2 Å². The van der Waals surface area contributed by atoms with Gasteiger partial charge >= 0.3 is 0 Å². The third kappa shape index (κ3) is 3.08. The molecular formula is C20H19F2N5. The van der Waals surface area contributed by atoms with Crippen LogP contribution in [0.15, 0.2) is 53.8 Å². The van der Waals surface area contributed by atoms with Crippen LogP contribution in [-0.4, -0.2) is 28.0 Å². The first-order valence-corrected chi connectivity index (χ1v) is 9.05. The first-order chi connectivity index (χ1) is 13.1. The molecule has 0 bridgehead atoms. The van der Waals surface area contributed by atoms with Crippen molar-refractivity contribution in [2.45, 2.75) is 25.2 Å². The Morgan fingerprint density at radius 3 is 2.85 bits per heavy atom. The van der Waals surface area contributed by atoms with E-state index >= 15 is 0 Å². The van der Waals surface area contributed by atoms with Crippen LogP contribution in [-0.2, 0) is 6.42 Å². The first kappa shape index (κ1) is 16.4. The van der Waals surface area contributed by atoms with Gasteiger partial charge in [0.25, 0.3) is 0 Å². The van der Waals surface area contributed by atoms with Crippen LogP contribution in [0.1, 0.15) is 24.0 Å². The van der Waals surface area contributed by atoms with E-state index in [2.05, 4.69) is 33.0 Å². The monoisotopic (exact) mass is 367 g/mol. The van der Waals surface area contributed by atoms with Gasteiger partial charge in [0.1, 0.15) is 18.2 Å².